The number of aliphatic carboxylic acids is 1. The van der Waals surface area contributed by atoms with Crippen LogP contribution in [0, 0.1) is 0 Å². The summed E-state index contributed by atoms with van der Waals surface area (Å²) in [5, 5.41) is 19.1. The predicted molar refractivity (Wildman–Crippen MR) is 113 cm³/mol. The first-order chi connectivity index (χ1) is 14.8. The van der Waals surface area contributed by atoms with E-state index in [-0.39, 0.29) is 17.9 Å². The highest BCUT2D eigenvalue weighted by Crippen LogP contribution is 2.19. The standard InChI is InChI=1S/C19H26N6O5S/c1-2-31(29,30)24-16(19(27)28)11-21-18(26)14-10-22-25(12-14)9-7-15-6-5-13-4-3-8-20-17(13)23-15/h5-6,10,12,16,24H,2-4,7-9,11H2,1H3,(H,20,23)(H,21,26)(H,27,28). The molecule has 0 fully saturated rings. The smallest absolute Gasteiger partial charge is 0.323 e. The molecule has 3 heterocycles. The first-order valence-electron chi connectivity index (χ1n) is 10.0. The number of anilines is 1. The largest absolute Gasteiger partial charge is 0.480 e. The average molecular weight is 451 g/mol. The highest BCUT2D eigenvalue weighted by atomic mass is 32.2. The third kappa shape index (κ3) is 6.25. The molecule has 2 aromatic rings. The summed E-state index contributed by atoms with van der Waals surface area (Å²) >= 11 is 0. The van der Waals surface area contributed by atoms with Crippen molar-refractivity contribution in [2.24, 2.45) is 0 Å². The quantitative estimate of drug-likeness (QED) is 0.394. The molecular weight excluding hydrogens is 424 g/mol. The minimum absolute atomic E-state index is 0.252. The van der Waals surface area contributed by atoms with Gasteiger partial charge in [0.1, 0.15) is 11.9 Å². The van der Waals surface area contributed by atoms with Crippen LogP contribution < -0.4 is 15.4 Å². The maximum Gasteiger partial charge on any atom is 0.323 e. The molecule has 0 spiro atoms. The van der Waals surface area contributed by atoms with Crippen molar-refractivity contribution in [3.8, 4) is 0 Å². The molecule has 0 radical (unpaired) electrons. The molecule has 0 saturated heterocycles. The van der Waals surface area contributed by atoms with Crippen molar-refractivity contribution in [1.82, 2.24) is 24.8 Å². The highest BCUT2D eigenvalue weighted by Gasteiger charge is 2.24. The van der Waals surface area contributed by atoms with Gasteiger partial charge in [0.25, 0.3) is 5.91 Å². The molecular formula is C19H26N6O5S. The molecule has 11 nitrogen and oxygen atoms in total. The van der Waals surface area contributed by atoms with Gasteiger partial charge in [-0.2, -0.15) is 9.82 Å². The number of pyridine rings is 1. The average Bonchev–Trinajstić information content (AvgIpc) is 3.24. The lowest BCUT2D eigenvalue weighted by molar-refractivity contribution is -0.138. The first-order valence-corrected chi connectivity index (χ1v) is 11.7. The van der Waals surface area contributed by atoms with E-state index in [1.165, 1.54) is 18.7 Å². The zero-order chi connectivity index (χ0) is 22.4. The zero-order valence-electron chi connectivity index (χ0n) is 17.2. The Kier molecular flexibility index (Phi) is 7.23. The molecule has 1 aliphatic heterocycles. The molecule has 168 valence electrons. The van der Waals surface area contributed by atoms with Crippen LogP contribution in [0.3, 0.4) is 0 Å². The molecule has 1 atom stereocenters. The second-order valence-electron chi connectivity index (χ2n) is 7.20. The molecule has 2 aromatic heterocycles. The summed E-state index contributed by atoms with van der Waals surface area (Å²) in [4.78, 5) is 28.2. The van der Waals surface area contributed by atoms with Crippen molar-refractivity contribution in [2.45, 2.75) is 38.8 Å². The van der Waals surface area contributed by atoms with Crippen molar-refractivity contribution in [2.75, 3.05) is 24.2 Å². The van der Waals surface area contributed by atoms with Crippen LogP contribution in [0.15, 0.2) is 24.5 Å². The monoisotopic (exact) mass is 450 g/mol. The molecule has 0 saturated carbocycles. The molecule has 1 amide bonds. The topological polar surface area (TPSA) is 155 Å². The second kappa shape index (κ2) is 9.88. The van der Waals surface area contributed by atoms with Crippen molar-refractivity contribution in [1.29, 1.82) is 0 Å². The predicted octanol–water partition coefficient (Wildman–Crippen LogP) is 0.00120. The Labute approximate surface area is 180 Å². The number of carbonyl (C=O) groups excluding carboxylic acids is 1. The van der Waals surface area contributed by atoms with Gasteiger partial charge in [-0.3, -0.25) is 14.3 Å². The molecule has 4 N–H and O–H groups in total. The van der Waals surface area contributed by atoms with E-state index in [4.69, 9.17) is 5.11 Å². The van der Waals surface area contributed by atoms with E-state index in [1.54, 1.807) is 10.9 Å². The lowest BCUT2D eigenvalue weighted by Gasteiger charge is -2.17. The Morgan fingerprint density at radius 3 is 2.90 bits per heavy atom. The van der Waals surface area contributed by atoms with E-state index in [9.17, 15) is 18.0 Å². The van der Waals surface area contributed by atoms with Gasteiger partial charge in [0.05, 0.1) is 17.5 Å². The van der Waals surface area contributed by atoms with Crippen LogP contribution in [-0.4, -0.2) is 65.0 Å². The van der Waals surface area contributed by atoms with Gasteiger partial charge in [0.15, 0.2) is 0 Å². The summed E-state index contributed by atoms with van der Waals surface area (Å²) in [6.45, 7) is 2.45. The van der Waals surface area contributed by atoms with Gasteiger partial charge in [0, 0.05) is 37.9 Å². The minimum atomic E-state index is -3.72. The normalized spacial score (nSPS) is 14.4. The number of carboxylic acid groups (broad SMARTS) is 1. The van der Waals surface area contributed by atoms with Gasteiger partial charge in [-0.05, 0) is 31.4 Å². The number of amides is 1. The van der Waals surface area contributed by atoms with Gasteiger partial charge in [-0.1, -0.05) is 6.07 Å². The SMILES string of the molecule is CCS(=O)(=O)NC(CNC(=O)c1cnn(CCc2ccc3c(n2)NCCC3)c1)C(=O)O. The number of rotatable bonds is 10. The van der Waals surface area contributed by atoms with Gasteiger partial charge < -0.3 is 15.7 Å². The summed E-state index contributed by atoms with van der Waals surface area (Å²) in [5.41, 5.74) is 2.39. The maximum atomic E-state index is 12.3. The Balaban J connectivity index is 1.53. The number of nitrogens with one attached hydrogen (secondary N) is 3. The molecule has 1 aliphatic rings. The fourth-order valence-electron chi connectivity index (χ4n) is 3.12. The van der Waals surface area contributed by atoms with Crippen molar-refractivity contribution < 1.29 is 23.1 Å². The number of aryl methyl sites for hydroxylation is 3. The third-order valence-corrected chi connectivity index (χ3v) is 6.31. The second-order valence-corrected chi connectivity index (χ2v) is 9.25. The first kappa shape index (κ1) is 22.7. The number of hydrogen-bond acceptors (Lipinski definition) is 7. The van der Waals surface area contributed by atoms with Crippen molar-refractivity contribution in [3.63, 3.8) is 0 Å². The fourth-order valence-corrected chi connectivity index (χ4v) is 3.90. The number of nitrogens with zero attached hydrogens (tertiary/aromatic N) is 3. The van der Waals surface area contributed by atoms with Gasteiger partial charge in [-0.15, -0.1) is 0 Å². The van der Waals surface area contributed by atoms with Crippen LogP contribution in [0.25, 0.3) is 0 Å². The minimum Gasteiger partial charge on any atom is -0.480 e. The maximum absolute atomic E-state index is 12.3. The third-order valence-electron chi connectivity index (χ3n) is 4.91. The van der Waals surface area contributed by atoms with E-state index in [2.05, 4.69) is 26.8 Å². The molecule has 12 heteroatoms. The van der Waals surface area contributed by atoms with Crippen LogP contribution in [0.5, 0.6) is 0 Å². The lowest BCUT2D eigenvalue weighted by atomic mass is 10.1. The van der Waals surface area contributed by atoms with Crippen LogP contribution in [-0.2, 0) is 34.2 Å². The summed E-state index contributed by atoms with van der Waals surface area (Å²) in [6.07, 6.45) is 5.69. The lowest BCUT2D eigenvalue weighted by Crippen LogP contribution is -2.48. The van der Waals surface area contributed by atoms with Crippen LogP contribution in [0.1, 0.15) is 35.0 Å². The van der Waals surface area contributed by atoms with Gasteiger partial charge >= 0.3 is 5.97 Å². The molecule has 31 heavy (non-hydrogen) atoms. The summed E-state index contributed by atoms with van der Waals surface area (Å²) in [7, 11) is -3.72. The van der Waals surface area contributed by atoms with E-state index >= 15 is 0 Å². The molecule has 1 unspecified atom stereocenters. The number of fused-ring (bicyclic) bond motifs is 1. The Bertz CT molecular complexity index is 1050. The van der Waals surface area contributed by atoms with Crippen LogP contribution >= 0.6 is 0 Å². The number of sulfonamides is 1. The van der Waals surface area contributed by atoms with E-state index in [0.717, 1.165) is 30.9 Å². The number of carbonyl (C=O) groups is 2. The molecule has 0 aliphatic carbocycles. The van der Waals surface area contributed by atoms with Crippen LogP contribution in [0.4, 0.5) is 5.82 Å². The van der Waals surface area contributed by atoms with E-state index in [0.29, 0.717) is 13.0 Å². The van der Waals surface area contributed by atoms with Crippen molar-refractivity contribution >= 4 is 27.7 Å². The fraction of sp³-hybridized carbons (Fsp3) is 0.474. The van der Waals surface area contributed by atoms with Crippen LogP contribution in [0.2, 0.25) is 0 Å². The van der Waals surface area contributed by atoms with Crippen molar-refractivity contribution in [3.05, 3.63) is 41.3 Å². The Morgan fingerprint density at radius 2 is 2.16 bits per heavy atom. The number of aromatic nitrogens is 3. The summed E-state index contributed by atoms with van der Waals surface area (Å²) < 4.78 is 26.8. The summed E-state index contributed by atoms with van der Waals surface area (Å²) in [5.74, 6) is -1.24. The van der Waals surface area contributed by atoms with E-state index < -0.39 is 27.9 Å². The molecule has 0 aromatic carbocycles. The number of hydrogen-bond donors (Lipinski definition) is 4. The molecule has 0 bridgehead atoms. The Morgan fingerprint density at radius 1 is 1.35 bits per heavy atom. The Hall–Kier alpha value is -2.99. The molecule has 3 rings (SSSR count). The van der Waals surface area contributed by atoms with Gasteiger partial charge in [-0.25, -0.2) is 13.4 Å². The zero-order valence-corrected chi connectivity index (χ0v) is 18.0. The highest BCUT2D eigenvalue weighted by molar-refractivity contribution is 7.89. The van der Waals surface area contributed by atoms with E-state index in [1.807, 2.05) is 10.8 Å². The van der Waals surface area contributed by atoms with Gasteiger partial charge in [0.2, 0.25) is 10.0 Å². The summed E-state index contributed by atoms with van der Waals surface area (Å²) in [6, 6.07) is 2.62. The number of carboxylic acids is 1.